The van der Waals surface area contributed by atoms with Gasteiger partial charge >= 0.3 is 17.9 Å². The fourth-order valence-electron chi connectivity index (χ4n) is 1.66. The highest BCUT2D eigenvalue weighted by Crippen LogP contribution is 2.18. The van der Waals surface area contributed by atoms with E-state index in [1.165, 1.54) is 18.2 Å². The Balaban J connectivity index is 3.23. The SMILES string of the molecule is CCCOC(=O)c1cccc(C(=O)O)c1C(=O)OCCC. The van der Waals surface area contributed by atoms with Crippen molar-refractivity contribution >= 4 is 17.9 Å². The maximum atomic E-state index is 12.0. The molecule has 6 heteroatoms. The summed E-state index contributed by atoms with van der Waals surface area (Å²) in [6.07, 6.45) is 1.22. The number of esters is 2. The zero-order chi connectivity index (χ0) is 15.8. The van der Waals surface area contributed by atoms with Gasteiger partial charge in [0.15, 0.2) is 0 Å². The quantitative estimate of drug-likeness (QED) is 0.777. The lowest BCUT2D eigenvalue weighted by Gasteiger charge is -2.11. The molecule has 1 aromatic rings. The Morgan fingerprint density at radius 3 is 2.00 bits per heavy atom. The molecule has 0 saturated carbocycles. The van der Waals surface area contributed by atoms with Crippen molar-refractivity contribution in [1.29, 1.82) is 0 Å². The Morgan fingerprint density at radius 1 is 0.952 bits per heavy atom. The van der Waals surface area contributed by atoms with Gasteiger partial charge in [0.25, 0.3) is 0 Å². The minimum Gasteiger partial charge on any atom is -0.478 e. The average Bonchev–Trinajstić information content (AvgIpc) is 2.49. The maximum Gasteiger partial charge on any atom is 0.339 e. The van der Waals surface area contributed by atoms with Crippen LogP contribution in [0.5, 0.6) is 0 Å². The number of ether oxygens (including phenoxy) is 2. The lowest BCUT2D eigenvalue weighted by Crippen LogP contribution is -2.19. The van der Waals surface area contributed by atoms with Gasteiger partial charge in [-0.3, -0.25) is 0 Å². The summed E-state index contributed by atoms with van der Waals surface area (Å²) >= 11 is 0. The second-order valence-electron chi connectivity index (χ2n) is 4.31. The molecule has 0 aliphatic rings. The van der Waals surface area contributed by atoms with Crippen LogP contribution in [0.15, 0.2) is 18.2 Å². The first-order valence-electron chi connectivity index (χ1n) is 6.73. The fraction of sp³-hybridized carbons (Fsp3) is 0.400. The van der Waals surface area contributed by atoms with E-state index in [2.05, 4.69) is 0 Å². The molecule has 0 aliphatic carbocycles. The lowest BCUT2D eigenvalue weighted by molar-refractivity contribution is 0.0453. The van der Waals surface area contributed by atoms with Crippen molar-refractivity contribution in [3.63, 3.8) is 0 Å². The van der Waals surface area contributed by atoms with E-state index in [1.807, 2.05) is 13.8 Å². The first-order chi connectivity index (χ1) is 10.0. The van der Waals surface area contributed by atoms with Crippen molar-refractivity contribution < 1.29 is 29.0 Å². The summed E-state index contributed by atoms with van der Waals surface area (Å²) in [7, 11) is 0. The summed E-state index contributed by atoms with van der Waals surface area (Å²) < 4.78 is 9.92. The third kappa shape index (κ3) is 4.30. The zero-order valence-electron chi connectivity index (χ0n) is 12.0. The largest absolute Gasteiger partial charge is 0.478 e. The van der Waals surface area contributed by atoms with Crippen LogP contribution in [0.2, 0.25) is 0 Å². The van der Waals surface area contributed by atoms with Crippen LogP contribution in [0.25, 0.3) is 0 Å². The predicted molar refractivity (Wildman–Crippen MR) is 74.5 cm³/mol. The van der Waals surface area contributed by atoms with E-state index in [0.29, 0.717) is 12.8 Å². The van der Waals surface area contributed by atoms with Crippen molar-refractivity contribution in [3.05, 3.63) is 34.9 Å². The van der Waals surface area contributed by atoms with Crippen LogP contribution >= 0.6 is 0 Å². The summed E-state index contributed by atoms with van der Waals surface area (Å²) in [6, 6.07) is 4.00. The van der Waals surface area contributed by atoms with Gasteiger partial charge in [0, 0.05) is 0 Å². The number of carboxylic acid groups (broad SMARTS) is 1. The van der Waals surface area contributed by atoms with Crippen LogP contribution in [0.4, 0.5) is 0 Å². The average molecular weight is 294 g/mol. The maximum absolute atomic E-state index is 12.0. The van der Waals surface area contributed by atoms with Crippen LogP contribution in [-0.4, -0.2) is 36.2 Å². The number of aromatic carboxylic acids is 1. The minimum absolute atomic E-state index is 0.0931. The molecule has 0 bridgehead atoms. The second kappa shape index (κ2) is 8.04. The third-order valence-corrected chi connectivity index (χ3v) is 2.59. The molecule has 1 rings (SSSR count). The topological polar surface area (TPSA) is 89.9 Å². The van der Waals surface area contributed by atoms with Crippen LogP contribution in [0, 0.1) is 0 Å². The molecule has 1 aromatic carbocycles. The molecule has 114 valence electrons. The van der Waals surface area contributed by atoms with Gasteiger partial charge in [-0.25, -0.2) is 14.4 Å². The zero-order valence-corrected chi connectivity index (χ0v) is 12.0. The molecule has 0 spiro atoms. The molecule has 0 unspecified atom stereocenters. The van der Waals surface area contributed by atoms with Gasteiger partial charge in [-0.15, -0.1) is 0 Å². The van der Waals surface area contributed by atoms with Gasteiger partial charge < -0.3 is 14.6 Å². The number of carbonyl (C=O) groups excluding carboxylic acids is 2. The first-order valence-corrected chi connectivity index (χ1v) is 6.73. The van der Waals surface area contributed by atoms with Gasteiger partial charge in [0.1, 0.15) is 0 Å². The number of carboxylic acids is 1. The molecule has 0 amide bonds. The van der Waals surface area contributed by atoms with Crippen molar-refractivity contribution in [1.82, 2.24) is 0 Å². The number of carbonyl (C=O) groups is 3. The van der Waals surface area contributed by atoms with Crippen molar-refractivity contribution in [3.8, 4) is 0 Å². The van der Waals surface area contributed by atoms with E-state index in [4.69, 9.17) is 14.6 Å². The van der Waals surface area contributed by atoms with Crippen molar-refractivity contribution in [2.45, 2.75) is 26.7 Å². The first kappa shape index (κ1) is 16.7. The van der Waals surface area contributed by atoms with Crippen LogP contribution in [0.1, 0.15) is 57.8 Å². The standard InChI is InChI=1S/C15H18O6/c1-3-8-20-14(18)11-7-5-6-10(13(16)17)12(11)15(19)21-9-4-2/h5-7H,3-4,8-9H2,1-2H3,(H,16,17). The van der Waals surface area contributed by atoms with Gasteiger partial charge in [-0.05, 0) is 25.0 Å². The molecule has 0 aromatic heterocycles. The summed E-state index contributed by atoms with van der Waals surface area (Å²) in [5.74, 6) is -2.87. The van der Waals surface area contributed by atoms with E-state index in [0.717, 1.165) is 0 Å². The highest BCUT2D eigenvalue weighted by atomic mass is 16.5. The summed E-state index contributed by atoms with van der Waals surface area (Å²) in [5, 5.41) is 9.16. The molecule has 0 atom stereocenters. The number of hydrogen-bond acceptors (Lipinski definition) is 5. The van der Waals surface area contributed by atoms with Crippen molar-refractivity contribution in [2.24, 2.45) is 0 Å². The van der Waals surface area contributed by atoms with Gasteiger partial charge in [-0.2, -0.15) is 0 Å². The highest BCUT2D eigenvalue weighted by molar-refractivity contribution is 6.10. The van der Waals surface area contributed by atoms with Gasteiger partial charge in [0.2, 0.25) is 0 Å². The van der Waals surface area contributed by atoms with Crippen LogP contribution in [0.3, 0.4) is 0 Å². The van der Waals surface area contributed by atoms with E-state index in [-0.39, 0.29) is 29.9 Å². The second-order valence-corrected chi connectivity index (χ2v) is 4.31. The molecule has 6 nitrogen and oxygen atoms in total. The summed E-state index contributed by atoms with van der Waals surface area (Å²) in [6.45, 7) is 3.99. The molecule has 0 aliphatic heterocycles. The van der Waals surface area contributed by atoms with E-state index in [1.54, 1.807) is 0 Å². The molecular formula is C15H18O6. The highest BCUT2D eigenvalue weighted by Gasteiger charge is 2.25. The monoisotopic (exact) mass is 294 g/mol. The molecule has 0 saturated heterocycles. The lowest BCUT2D eigenvalue weighted by atomic mass is 10.0. The van der Waals surface area contributed by atoms with Crippen LogP contribution < -0.4 is 0 Å². The Morgan fingerprint density at radius 2 is 1.48 bits per heavy atom. The fourth-order valence-corrected chi connectivity index (χ4v) is 1.66. The Bertz CT molecular complexity index is 535. The molecule has 21 heavy (non-hydrogen) atoms. The molecule has 0 fully saturated rings. The molecular weight excluding hydrogens is 276 g/mol. The number of rotatable bonds is 7. The normalized spacial score (nSPS) is 10.0. The van der Waals surface area contributed by atoms with Gasteiger partial charge in [-0.1, -0.05) is 19.9 Å². The van der Waals surface area contributed by atoms with Gasteiger partial charge in [0.05, 0.1) is 29.9 Å². The number of benzene rings is 1. The Hall–Kier alpha value is -2.37. The minimum atomic E-state index is -1.30. The molecule has 1 N–H and O–H groups in total. The third-order valence-electron chi connectivity index (χ3n) is 2.59. The molecule has 0 radical (unpaired) electrons. The number of hydrogen-bond donors (Lipinski definition) is 1. The molecule has 0 heterocycles. The van der Waals surface area contributed by atoms with E-state index < -0.39 is 17.9 Å². The summed E-state index contributed by atoms with van der Waals surface area (Å²) in [5.41, 5.74) is -0.633. The summed E-state index contributed by atoms with van der Waals surface area (Å²) in [4.78, 5) is 35.2. The van der Waals surface area contributed by atoms with E-state index in [9.17, 15) is 14.4 Å². The van der Waals surface area contributed by atoms with Crippen LogP contribution in [-0.2, 0) is 9.47 Å². The Labute approximate surface area is 122 Å². The Kier molecular flexibility index (Phi) is 6.39. The van der Waals surface area contributed by atoms with E-state index >= 15 is 0 Å². The smallest absolute Gasteiger partial charge is 0.339 e. The van der Waals surface area contributed by atoms with Crippen molar-refractivity contribution in [2.75, 3.05) is 13.2 Å². The predicted octanol–water partition coefficient (Wildman–Crippen LogP) is 2.52.